The van der Waals surface area contributed by atoms with Crippen LogP contribution in [-0.2, 0) is 6.42 Å². The third kappa shape index (κ3) is 6.17. The van der Waals surface area contributed by atoms with E-state index in [1.165, 1.54) is 62.6 Å². The molecule has 0 radical (unpaired) electrons. The van der Waals surface area contributed by atoms with Gasteiger partial charge in [0.15, 0.2) is 0 Å². The highest BCUT2D eigenvalue weighted by Gasteiger charge is 2.03. The number of nitrogens with zero attached hydrogens (tertiary/aromatic N) is 1. The number of benzene rings is 1. The van der Waals surface area contributed by atoms with E-state index in [2.05, 4.69) is 54.4 Å². The first kappa shape index (κ1) is 15.9. The Morgan fingerprint density at radius 1 is 0.889 bits per heavy atom. The van der Waals surface area contributed by atoms with Crippen molar-refractivity contribution in [2.45, 2.75) is 58.3 Å². The maximum atomic E-state index is 2.71. The van der Waals surface area contributed by atoms with Gasteiger partial charge in [-0.05, 0) is 43.3 Å². The molecule has 1 nitrogen and oxygen atoms in total. The van der Waals surface area contributed by atoms with Crippen molar-refractivity contribution in [3.05, 3.63) is 29.8 Å². The fourth-order valence-electron chi connectivity index (χ4n) is 2.25. The Kier molecular flexibility index (Phi) is 8.64. The van der Waals surface area contributed by atoms with Gasteiger partial charge in [-0.3, -0.25) is 0 Å². The molecule has 0 saturated carbocycles. The molecule has 2 unspecified atom stereocenters. The summed E-state index contributed by atoms with van der Waals surface area (Å²) in [7, 11) is 5.42. The lowest BCUT2D eigenvalue weighted by Crippen LogP contribution is -1.96. The topological polar surface area (TPSA) is 3.24 Å². The molecule has 0 aliphatic carbocycles. The molecule has 0 aliphatic rings. The van der Waals surface area contributed by atoms with Crippen LogP contribution >= 0.6 is 18.8 Å². The van der Waals surface area contributed by atoms with E-state index >= 15 is 0 Å². The number of hydrogen-bond acceptors (Lipinski definition) is 1. The minimum absolute atomic E-state index is 1.20. The van der Waals surface area contributed by atoms with Gasteiger partial charge in [-0.15, -0.1) is 0 Å². The van der Waals surface area contributed by atoms with Crippen molar-refractivity contribution in [2.24, 2.45) is 0 Å². The predicted octanol–water partition coefficient (Wildman–Crippen LogP) is 5.37. The van der Waals surface area contributed by atoms with Crippen molar-refractivity contribution in [3.8, 4) is 0 Å². The molecule has 1 aromatic rings. The first-order valence-electron chi connectivity index (χ1n) is 7.13. The van der Waals surface area contributed by atoms with Crippen LogP contribution in [-0.4, -0.2) is 0 Å². The lowest BCUT2D eigenvalue weighted by Gasteiger charge is -2.16. The molecule has 0 amide bonds. The van der Waals surface area contributed by atoms with Gasteiger partial charge >= 0.3 is 0 Å². The number of unbranched alkanes of at least 4 members (excludes halogenated alkanes) is 6. The van der Waals surface area contributed by atoms with E-state index in [4.69, 9.17) is 0 Å². The molecule has 18 heavy (non-hydrogen) atoms. The fourth-order valence-corrected chi connectivity index (χ4v) is 2.75. The van der Waals surface area contributed by atoms with Crippen molar-refractivity contribution >= 4 is 24.5 Å². The molecule has 0 bridgehead atoms. The quantitative estimate of drug-likeness (QED) is 0.435. The van der Waals surface area contributed by atoms with E-state index in [9.17, 15) is 0 Å². The molecule has 0 fully saturated rings. The molecular formula is C15H27NP2. The summed E-state index contributed by atoms with van der Waals surface area (Å²) in [6, 6.07) is 8.66. The first-order valence-corrected chi connectivity index (χ1v) is 8.16. The number of hydrogen-bond donors (Lipinski definition) is 0. The Hall–Kier alpha value is -0.120. The second-order valence-electron chi connectivity index (χ2n) is 4.91. The molecule has 0 spiro atoms. The lowest BCUT2D eigenvalue weighted by atomic mass is 10.0. The summed E-state index contributed by atoms with van der Waals surface area (Å²) in [4.78, 5) is 0. The van der Waals surface area contributed by atoms with Gasteiger partial charge < -0.3 is 4.44 Å². The summed E-state index contributed by atoms with van der Waals surface area (Å²) in [5.41, 5.74) is 2.76. The molecule has 2 atom stereocenters. The van der Waals surface area contributed by atoms with Crippen LogP contribution in [0, 0.1) is 0 Å². The van der Waals surface area contributed by atoms with Gasteiger partial charge in [0.1, 0.15) is 0 Å². The van der Waals surface area contributed by atoms with E-state index in [0.717, 1.165) is 0 Å². The number of anilines is 1. The SMILES string of the molecule is CCCCCCCCCc1ccccc1N(P)P. The Labute approximate surface area is 117 Å². The molecule has 0 aliphatic heterocycles. The second kappa shape index (κ2) is 9.76. The van der Waals surface area contributed by atoms with E-state index in [0.29, 0.717) is 0 Å². The van der Waals surface area contributed by atoms with Crippen LogP contribution in [0.15, 0.2) is 24.3 Å². The van der Waals surface area contributed by atoms with Crippen molar-refractivity contribution in [2.75, 3.05) is 4.44 Å². The summed E-state index contributed by atoms with van der Waals surface area (Å²) >= 11 is 0. The smallest absolute Gasteiger partial charge is 0.0455 e. The van der Waals surface area contributed by atoms with E-state index in [1.807, 2.05) is 0 Å². The minimum Gasteiger partial charge on any atom is -0.341 e. The predicted molar refractivity (Wildman–Crippen MR) is 90.0 cm³/mol. The Bertz CT molecular complexity index is 326. The van der Waals surface area contributed by atoms with Crippen LogP contribution in [0.2, 0.25) is 0 Å². The van der Waals surface area contributed by atoms with Crippen molar-refractivity contribution in [1.82, 2.24) is 0 Å². The van der Waals surface area contributed by atoms with Crippen LogP contribution in [0.1, 0.15) is 57.4 Å². The molecule has 0 aromatic heterocycles. The van der Waals surface area contributed by atoms with E-state index < -0.39 is 0 Å². The molecule has 0 heterocycles. The zero-order valence-electron chi connectivity index (χ0n) is 11.6. The average molecular weight is 283 g/mol. The van der Waals surface area contributed by atoms with Crippen LogP contribution in [0.5, 0.6) is 0 Å². The third-order valence-corrected chi connectivity index (χ3v) is 3.88. The highest BCUT2D eigenvalue weighted by atomic mass is 31.1. The van der Waals surface area contributed by atoms with Crippen LogP contribution in [0.4, 0.5) is 5.69 Å². The average Bonchev–Trinajstić information content (AvgIpc) is 2.38. The largest absolute Gasteiger partial charge is 0.341 e. The van der Waals surface area contributed by atoms with Gasteiger partial charge in [0, 0.05) is 5.69 Å². The summed E-state index contributed by atoms with van der Waals surface area (Å²) in [6.07, 6.45) is 10.8. The monoisotopic (exact) mass is 283 g/mol. The summed E-state index contributed by atoms with van der Waals surface area (Å²) in [6.45, 7) is 2.27. The standard InChI is InChI=1S/C15H27NP2/c1-2-3-4-5-6-7-8-11-14-12-9-10-13-15(14)16(17)18/h9-10,12-13H,2-8,11,17-18H2,1H3. The third-order valence-electron chi connectivity index (χ3n) is 3.32. The highest BCUT2D eigenvalue weighted by molar-refractivity contribution is 7.39. The van der Waals surface area contributed by atoms with Gasteiger partial charge in [-0.1, -0.05) is 63.6 Å². The Balaban J connectivity index is 2.23. The van der Waals surface area contributed by atoms with Gasteiger partial charge in [0.05, 0.1) is 0 Å². The van der Waals surface area contributed by atoms with Crippen molar-refractivity contribution in [3.63, 3.8) is 0 Å². The molecule has 1 rings (SSSR count). The molecule has 102 valence electrons. The van der Waals surface area contributed by atoms with Crippen molar-refractivity contribution < 1.29 is 0 Å². The van der Waals surface area contributed by atoms with Gasteiger partial charge in [0.2, 0.25) is 0 Å². The van der Waals surface area contributed by atoms with E-state index in [-0.39, 0.29) is 0 Å². The van der Waals surface area contributed by atoms with Gasteiger partial charge in [0.25, 0.3) is 0 Å². The summed E-state index contributed by atoms with van der Waals surface area (Å²) in [5, 5.41) is 0. The molecule has 1 aromatic carbocycles. The summed E-state index contributed by atoms with van der Waals surface area (Å²) < 4.78 is 2.05. The number of para-hydroxylation sites is 1. The Morgan fingerprint density at radius 2 is 1.50 bits per heavy atom. The first-order chi connectivity index (χ1) is 8.75. The van der Waals surface area contributed by atoms with Crippen LogP contribution in [0.3, 0.4) is 0 Å². The normalized spacial score (nSPS) is 10.6. The van der Waals surface area contributed by atoms with Gasteiger partial charge in [-0.2, -0.15) is 0 Å². The molecule has 0 N–H and O–H groups in total. The Morgan fingerprint density at radius 3 is 2.17 bits per heavy atom. The second-order valence-corrected chi connectivity index (χ2v) is 6.62. The molecule has 0 saturated heterocycles. The number of aryl methyl sites for hydroxylation is 1. The minimum atomic E-state index is 1.20. The highest BCUT2D eigenvalue weighted by Crippen LogP contribution is 2.27. The van der Waals surface area contributed by atoms with E-state index in [1.54, 1.807) is 0 Å². The molecular weight excluding hydrogens is 256 g/mol. The lowest BCUT2D eigenvalue weighted by molar-refractivity contribution is 0.589. The number of rotatable bonds is 9. The maximum absolute atomic E-state index is 2.71. The van der Waals surface area contributed by atoms with Crippen LogP contribution < -0.4 is 4.44 Å². The summed E-state index contributed by atoms with van der Waals surface area (Å²) in [5.74, 6) is 0. The van der Waals surface area contributed by atoms with Crippen molar-refractivity contribution in [1.29, 1.82) is 0 Å². The van der Waals surface area contributed by atoms with Crippen LogP contribution in [0.25, 0.3) is 0 Å². The van der Waals surface area contributed by atoms with Gasteiger partial charge in [-0.25, -0.2) is 0 Å². The zero-order valence-corrected chi connectivity index (χ0v) is 13.9. The maximum Gasteiger partial charge on any atom is 0.0455 e. The fraction of sp³-hybridized carbons (Fsp3) is 0.600. The zero-order chi connectivity index (χ0) is 13.2. The molecule has 3 heteroatoms.